The first-order chi connectivity index (χ1) is 14.2. The number of anilines is 2. The molecule has 0 atom stereocenters. The Morgan fingerprint density at radius 3 is 2.86 bits per heavy atom. The highest BCUT2D eigenvalue weighted by Crippen LogP contribution is 2.36. The number of aromatic nitrogens is 1. The van der Waals surface area contributed by atoms with Crippen LogP contribution in [-0.4, -0.2) is 36.7 Å². The Balaban J connectivity index is 1.56. The van der Waals surface area contributed by atoms with Crippen molar-refractivity contribution in [2.24, 2.45) is 0 Å². The Kier molecular flexibility index (Phi) is 5.44. The molecule has 7 nitrogen and oxygen atoms in total. The Morgan fingerprint density at radius 1 is 1.24 bits per heavy atom. The van der Waals surface area contributed by atoms with Gasteiger partial charge < -0.3 is 14.8 Å². The Morgan fingerprint density at radius 2 is 2.07 bits per heavy atom. The van der Waals surface area contributed by atoms with Gasteiger partial charge >= 0.3 is 12.0 Å². The molecule has 8 heteroatoms. The van der Waals surface area contributed by atoms with Crippen LogP contribution in [0.2, 0.25) is 0 Å². The van der Waals surface area contributed by atoms with Crippen LogP contribution in [0.15, 0.2) is 54.7 Å². The third-order valence-electron chi connectivity index (χ3n) is 4.30. The summed E-state index contributed by atoms with van der Waals surface area (Å²) in [7, 11) is 0. The van der Waals surface area contributed by atoms with Crippen molar-refractivity contribution in [3.05, 3.63) is 59.6 Å². The molecule has 0 radical (unpaired) electrons. The number of thiophene rings is 1. The van der Waals surface area contributed by atoms with Gasteiger partial charge in [0.05, 0.1) is 13.2 Å². The lowest BCUT2D eigenvalue weighted by Gasteiger charge is -2.28. The molecule has 0 fully saturated rings. The first-order valence-corrected chi connectivity index (χ1v) is 10.0. The molecule has 0 saturated heterocycles. The largest absolute Gasteiger partial charge is 0.488 e. The van der Waals surface area contributed by atoms with Crippen LogP contribution < -0.4 is 15.0 Å². The Hall–Kier alpha value is -3.39. The highest BCUT2D eigenvalue weighted by atomic mass is 32.1. The number of pyridine rings is 1. The lowest BCUT2D eigenvalue weighted by atomic mass is 10.2. The second-order valence-electron chi connectivity index (χ2n) is 6.23. The number of carbonyl (C=O) groups excluding carboxylic acids is 2. The van der Waals surface area contributed by atoms with E-state index in [1.807, 2.05) is 42.5 Å². The van der Waals surface area contributed by atoms with Crippen LogP contribution >= 0.6 is 11.3 Å². The molecule has 0 aliphatic carbocycles. The number of esters is 1. The number of nitrogens with zero attached hydrogens (tertiary/aromatic N) is 2. The molecule has 1 N–H and O–H groups in total. The minimum atomic E-state index is -0.338. The minimum Gasteiger partial charge on any atom is -0.488 e. The lowest BCUT2D eigenvalue weighted by Crippen LogP contribution is -2.41. The lowest BCUT2D eigenvalue weighted by molar-refractivity contribution is 0.0532. The van der Waals surface area contributed by atoms with Gasteiger partial charge in [-0.25, -0.2) is 14.6 Å². The fourth-order valence-corrected chi connectivity index (χ4v) is 3.83. The molecule has 0 spiro atoms. The monoisotopic (exact) mass is 409 g/mol. The van der Waals surface area contributed by atoms with Crippen LogP contribution in [0.1, 0.15) is 16.6 Å². The van der Waals surface area contributed by atoms with Crippen LogP contribution in [0.25, 0.3) is 10.4 Å². The van der Waals surface area contributed by atoms with Crippen molar-refractivity contribution in [3.8, 4) is 16.2 Å². The predicted molar refractivity (Wildman–Crippen MR) is 112 cm³/mol. The summed E-state index contributed by atoms with van der Waals surface area (Å²) in [5.41, 5.74) is 1.53. The second kappa shape index (κ2) is 8.32. The van der Waals surface area contributed by atoms with Crippen LogP contribution in [-0.2, 0) is 4.74 Å². The number of hydrogen-bond donors (Lipinski definition) is 1. The van der Waals surface area contributed by atoms with Crippen molar-refractivity contribution in [2.45, 2.75) is 6.92 Å². The van der Waals surface area contributed by atoms with Gasteiger partial charge in [-0.1, -0.05) is 18.2 Å². The molecule has 0 bridgehead atoms. The number of fused-ring (bicyclic) bond motifs is 1. The van der Waals surface area contributed by atoms with E-state index in [9.17, 15) is 9.59 Å². The Bertz CT molecular complexity index is 1040. The number of amides is 2. The number of carbonyl (C=O) groups is 2. The van der Waals surface area contributed by atoms with E-state index in [0.717, 1.165) is 10.4 Å². The maximum absolute atomic E-state index is 12.7. The summed E-state index contributed by atoms with van der Waals surface area (Å²) < 4.78 is 10.8. The van der Waals surface area contributed by atoms with Gasteiger partial charge in [0.2, 0.25) is 0 Å². The van der Waals surface area contributed by atoms with Gasteiger partial charge in [-0.15, -0.1) is 11.3 Å². The topological polar surface area (TPSA) is 80.8 Å². The van der Waals surface area contributed by atoms with Gasteiger partial charge in [0.25, 0.3) is 0 Å². The summed E-state index contributed by atoms with van der Waals surface area (Å²) in [6.45, 7) is 2.89. The summed E-state index contributed by atoms with van der Waals surface area (Å²) >= 11 is 1.33. The van der Waals surface area contributed by atoms with Crippen LogP contribution in [0.5, 0.6) is 5.75 Å². The molecule has 0 unspecified atom stereocenters. The zero-order valence-electron chi connectivity index (χ0n) is 15.8. The minimum absolute atomic E-state index is 0.262. The summed E-state index contributed by atoms with van der Waals surface area (Å²) in [6.07, 6.45) is 1.68. The zero-order valence-corrected chi connectivity index (χ0v) is 16.6. The number of benzene rings is 1. The quantitative estimate of drug-likeness (QED) is 0.645. The van der Waals surface area contributed by atoms with Crippen molar-refractivity contribution >= 4 is 34.8 Å². The third-order valence-corrected chi connectivity index (χ3v) is 5.41. The number of rotatable bonds is 4. The SMILES string of the molecule is CCOC(=O)c1ccc(-c2cnc3c(c2)OCCN3C(=O)Nc2ccccc2)s1. The molecule has 1 aromatic carbocycles. The van der Waals surface area contributed by atoms with Crippen LogP contribution in [0, 0.1) is 0 Å². The van der Waals surface area contributed by atoms with Crippen molar-refractivity contribution in [1.82, 2.24) is 4.98 Å². The highest BCUT2D eigenvalue weighted by molar-refractivity contribution is 7.17. The summed E-state index contributed by atoms with van der Waals surface area (Å²) in [5.74, 6) is 0.660. The number of hydrogen-bond acceptors (Lipinski definition) is 6. The summed E-state index contributed by atoms with van der Waals surface area (Å²) in [5, 5.41) is 2.87. The van der Waals surface area contributed by atoms with Crippen LogP contribution in [0.4, 0.5) is 16.3 Å². The molecular weight excluding hydrogens is 390 g/mol. The molecule has 0 saturated carbocycles. The van der Waals surface area contributed by atoms with E-state index in [4.69, 9.17) is 9.47 Å². The summed E-state index contributed by atoms with van der Waals surface area (Å²) in [6, 6.07) is 14.4. The molecule has 2 amide bonds. The van der Waals surface area contributed by atoms with Gasteiger partial charge in [-0.2, -0.15) is 0 Å². The van der Waals surface area contributed by atoms with Gasteiger partial charge in [0.15, 0.2) is 11.6 Å². The van der Waals surface area contributed by atoms with E-state index < -0.39 is 0 Å². The Labute approximate surface area is 171 Å². The maximum atomic E-state index is 12.7. The zero-order chi connectivity index (χ0) is 20.2. The van der Waals surface area contributed by atoms with Crippen LogP contribution in [0.3, 0.4) is 0 Å². The first-order valence-electron chi connectivity index (χ1n) is 9.19. The van der Waals surface area contributed by atoms with E-state index in [0.29, 0.717) is 41.9 Å². The molecule has 3 heterocycles. The normalized spacial score (nSPS) is 12.7. The molecule has 148 valence electrons. The average Bonchev–Trinajstić information content (AvgIpc) is 3.24. The molecule has 4 rings (SSSR count). The molecule has 1 aliphatic rings. The van der Waals surface area contributed by atoms with E-state index in [1.165, 1.54) is 11.3 Å². The second-order valence-corrected chi connectivity index (χ2v) is 7.31. The number of urea groups is 1. The first kappa shape index (κ1) is 18.9. The van der Waals surface area contributed by atoms with Gasteiger partial charge in [0.1, 0.15) is 11.5 Å². The molecular formula is C21H19N3O4S. The van der Waals surface area contributed by atoms with E-state index in [1.54, 1.807) is 24.1 Å². The number of nitrogens with one attached hydrogen (secondary N) is 1. The van der Waals surface area contributed by atoms with E-state index >= 15 is 0 Å². The fraction of sp³-hybridized carbons (Fsp3) is 0.190. The van der Waals surface area contributed by atoms with Gasteiger partial charge in [-0.3, -0.25) is 4.90 Å². The van der Waals surface area contributed by atoms with Gasteiger partial charge in [-0.05, 0) is 37.3 Å². The highest BCUT2D eigenvalue weighted by Gasteiger charge is 2.26. The third kappa shape index (κ3) is 4.07. The predicted octanol–water partition coefficient (Wildman–Crippen LogP) is 4.42. The smallest absolute Gasteiger partial charge is 0.348 e. The van der Waals surface area contributed by atoms with E-state index in [-0.39, 0.29) is 12.0 Å². The molecule has 2 aromatic heterocycles. The molecule has 1 aliphatic heterocycles. The summed E-state index contributed by atoms with van der Waals surface area (Å²) in [4.78, 5) is 32.0. The average molecular weight is 409 g/mol. The number of ether oxygens (including phenoxy) is 2. The van der Waals surface area contributed by atoms with Crippen molar-refractivity contribution < 1.29 is 19.1 Å². The van der Waals surface area contributed by atoms with Crippen molar-refractivity contribution in [1.29, 1.82) is 0 Å². The van der Waals surface area contributed by atoms with Gasteiger partial charge in [0, 0.05) is 22.3 Å². The maximum Gasteiger partial charge on any atom is 0.348 e. The van der Waals surface area contributed by atoms with E-state index in [2.05, 4.69) is 10.3 Å². The molecule has 3 aromatic rings. The standard InChI is InChI=1S/C21H19N3O4S/c1-2-27-20(25)18-9-8-17(29-18)14-12-16-19(22-13-14)24(10-11-28-16)21(26)23-15-6-4-3-5-7-15/h3-9,12-13H,2,10-11H2,1H3,(H,23,26). The molecule has 29 heavy (non-hydrogen) atoms. The van der Waals surface area contributed by atoms with Crippen molar-refractivity contribution in [2.75, 3.05) is 30.0 Å². The fourth-order valence-electron chi connectivity index (χ4n) is 2.95. The number of para-hydroxylation sites is 1. The van der Waals surface area contributed by atoms with Crippen molar-refractivity contribution in [3.63, 3.8) is 0 Å².